The van der Waals surface area contributed by atoms with E-state index in [-0.39, 0.29) is 5.82 Å². The minimum absolute atomic E-state index is 0.338. The third-order valence-corrected chi connectivity index (χ3v) is 6.80. The molecule has 0 radical (unpaired) electrons. The van der Waals surface area contributed by atoms with Gasteiger partial charge in [0.25, 0.3) is 0 Å². The van der Waals surface area contributed by atoms with Crippen LogP contribution in [0, 0.1) is 5.82 Å². The number of rotatable bonds is 3. The standard InChI is InChI=1S/C28H20F2O/c29-22-17-15-19(16-18-22)25-26(30)28(21-11-5-2-6-12-21)24-14-8-7-13-23(24)27(25,31-28)20-9-3-1-4-10-20/h1-18,25-26H/t25-,26-,27+,28-/m1/s1. The summed E-state index contributed by atoms with van der Waals surface area (Å²) in [5.74, 6) is -0.958. The van der Waals surface area contributed by atoms with Gasteiger partial charge in [0.1, 0.15) is 17.6 Å². The molecule has 0 aliphatic carbocycles. The highest BCUT2D eigenvalue weighted by Crippen LogP contribution is 2.69. The zero-order valence-electron chi connectivity index (χ0n) is 16.7. The summed E-state index contributed by atoms with van der Waals surface area (Å²) in [6.07, 6.45) is -1.35. The molecule has 31 heavy (non-hydrogen) atoms. The number of ether oxygens (including phenoxy) is 1. The normalized spacial score (nSPS) is 28.5. The zero-order valence-corrected chi connectivity index (χ0v) is 16.7. The van der Waals surface area contributed by atoms with Gasteiger partial charge in [-0.05, 0) is 39.9 Å². The second kappa shape index (κ2) is 6.60. The van der Waals surface area contributed by atoms with Crippen molar-refractivity contribution in [3.63, 3.8) is 0 Å². The Kier molecular flexibility index (Phi) is 3.93. The van der Waals surface area contributed by atoms with Crippen molar-refractivity contribution in [3.05, 3.63) is 143 Å². The molecule has 6 rings (SSSR count). The van der Waals surface area contributed by atoms with E-state index in [9.17, 15) is 4.39 Å². The van der Waals surface area contributed by atoms with Crippen LogP contribution in [-0.4, -0.2) is 6.17 Å². The largest absolute Gasteiger partial charge is 0.346 e. The minimum atomic E-state index is -1.35. The van der Waals surface area contributed by atoms with Gasteiger partial charge in [-0.25, -0.2) is 8.78 Å². The van der Waals surface area contributed by atoms with Crippen LogP contribution in [0.4, 0.5) is 8.78 Å². The molecule has 1 nitrogen and oxygen atoms in total. The molecule has 0 aromatic heterocycles. The first-order valence-electron chi connectivity index (χ1n) is 10.5. The van der Waals surface area contributed by atoms with Crippen molar-refractivity contribution in [1.29, 1.82) is 0 Å². The SMILES string of the molecule is Fc1ccc([C@@H]2[C@@H](F)[C@]3(c4ccccc4)O[C@@]2(c2ccccc2)c2ccccc23)cc1. The maximum Gasteiger partial charge on any atom is 0.152 e. The topological polar surface area (TPSA) is 9.23 Å². The second-order valence-electron chi connectivity index (χ2n) is 8.28. The van der Waals surface area contributed by atoms with Crippen LogP contribution in [0.2, 0.25) is 0 Å². The van der Waals surface area contributed by atoms with E-state index in [1.807, 2.05) is 84.9 Å². The predicted molar refractivity (Wildman–Crippen MR) is 116 cm³/mol. The summed E-state index contributed by atoms with van der Waals surface area (Å²) < 4.78 is 37.5. The van der Waals surface area contributed by atoms with Crippen molar-refractivity contribution in [1.82, 2.24) is 0 Å². The van der Waals surface area contributed by atoms with Crippen molar-refractivity contribution < 1.29 is 13.5 Å². The monoisotopic (exact) mass is 410 g/mol. The van der Waals surface area contributed by atoms with Crippen molar-refractivity contribution >= 4 is 0 Å². The van der Waals surface area contributed by atoms with Crippen LogP contribution < -0.4 is 0 Å². The van der Waals surface area contributed by atoms with E-state index in [0.29, 0.717) is 0 Å². The number of alkyl halides is 1. The molecule has 4 aromatic carbocycles. The fraction of sp³-hybridized carbons (Fsp3) is 0.143. The van der Waals surface area contributed by atoms with Crippen LogP contribution >= 0.6 is 0 Å². The average Bonchev–Trinajstić information content (AvgIpc) is 3.29. The lowest BCUT2D eigenvalue weighted by atomic mass is 9.63. The Morgan fingerprint density at radius 3 is 1.65 bits per heavy atom. The maximum atomic E-state index is 16.8. The number of hydrogen-bond donors (Lipinski definition) is 0. The Balaban J connectivity index is 1.70. The summed E-state index contributed by atoms with van der Waals surface area (Å²) in [6, 6.07) is 33.5. The highest BCUT2D eigenvalue weighted by molar-refractivity contribution is 5.60. The molecular weight excluding hydrogens is 390 g/mol. The van der Waals surface area contributed by atoms with Gasteiger partial charge in [-0.15, -0.1) is 0 Å². The van der Waals surface area contributed by atoms with Crippen LogP contribution in [0.25, 0.3) is 0 Å². The summed E-state index contributed by atoms with van der Waals surface area (Å²) in [5.41, 5.74) is 2.00. The number of hydrogen-bond acceptors (Lipinski definition) is 1. The lowest BCUT2D eigenvalue weighted by Gasteiger charge is -2.37. The van der Waals surface area contributed by atoms with Crippen LogP contribution in [0.5, 0.6) is 0 Å². The lowest BCUT2D eigenvalue weighted by molar-refractivity contribution is -0.0567. The molecule has 3 heteroatoms. The predicted octanol–water partition coefficient (Wildman–Crippen LogP) is 6.48. The Labute approximate surface area is 179 Å². The van der Waals surface area contributed by atoms with Crippen molar-refractivity contribution in [2.45, 2.75) is 23.3 Å². The molecular formula is C28H20F2O. The minimum Gasteiger partial charge on any atom is -0.346 e. The first kappa shape index (κ1) is 18.5. The smallest absolute Gasteiger partial charge is 0.152 e. The third kappa shape index (κ3) is 2.33. The van der Waals surface area contributed by atoms with Gasteiger partial charge in [0.05, 0.1) is 5.92 Å². The maximum absolute atomic E-state index is 16.8. The Bertz CT molecular complexity index is 1240. The van der Waals surface area contributed by atoms with E-state index in [4.69, 9.17) is 4.74 Å². The van der Waals surface area contributed by atoms with Crippen LogP contribution in [0.3, 0.4) is 0 Å². The van der Waals surface area contributed by atoms with Crippen molar-refractivity contribution in [2.24, 2.45) is 0 Å². The van der Waals surface area contributed by atoms with Crippen molar-refractivity contribution in [3.8, 4) is 0 Å². The average molecular weight is 410 g/mol. The van der Waals surface area contributed by atoms with E-state index < -0.39 is 23.3 Å². The first-order chi connectivity index (χ1) is 15.2. The Morgan fingerprint density at radius 2 is 1.06 bits per heavy atom. The molecule has 4 atom stereocenters. The van der Waals surface area contributed by atoms with E-state index in [1.165, 1.54) is 12.1 Å². The molecule has 0 saturated carbocycles. The van der Waals surface area contributed by atoms with Gasteiger partial charge in [0.2, 0.25) is 0 Å². The van der Waals surface area contributed by atoms with Gasteiger partial charge in [0, 0.05) is 0 Å². The van der Waals surface area contributed by atoms with Crippen molar-refractivity contribution in [2.75, 3.05) is 0 Å². The van der Waals surface area contributed by atoms with Gasteiger partial charge in [0.15, 0.2) is 5.60 Å². The highest BCUT2D eigenvalue weighted by atomic mass is 19.1. The molecule has 0 N–H and O–H groups in total. The molecule has 2 aliphatic rings. The molecule has 1 fully saturated rings. The summed E-state index contributed by atoms with van der Waals surface area (Å²) in [7, 11) is 0. The molecule has 0 unspecified atom stereocenters. The molecule has 4 aromatic rings. The molecule has 0 amide bonds. The van der Waals surface area contributed by atoms with E-state index in [2.05, 4.69) is 0 Å². The van der Waals surface area contributed by atoms with Crippen LogP contribution in [0.15, 0.2) is 109 Å². The summed E-state index contributed by atoms with van der Waals surface area (Å²) in [5, 5.41) is 0. The third-order valence-electron chi connectivity index (χ3n) is 6.80. The lowest BCUT2D eigenvalue weighted by Crippen LogP contribution is -2.40. The number of halogens is 2. The molecule has 2 aliphatic heterocycles. The van der Waals surface area contributed by atoms with Crippen LogP contribution in [0.1, 0.15) is 33.7 Å². The molecule has 1 saturated heterocycles. The van der Waals surface area contributed by atoms with E-state index in [1.54, 1.807) is 12.1 Å². The molecule has 0 spiro atoms. The summed E-state index contributed by atoms with van der Waals surface area (Å²) >= 11 is 0. The van der Waals surface area contributed by atoms with Gasteiger partial charge >= 0.3 is 0 Å². The van der Waals surface area contributed by atoms with E-state index in [0.717, 1.165) is 27.8 Å². The summed E-state index contributed by atoms with van der Waals surface area (Å²) in [4.78, 5) is 0. The quantitative estimate of drug-likeness (QED) is 0.376. The fourth-order valence-corrected chi connectivity index (χ4v) is 5.58. The van der Waals surface area contributed by atoms with Gasteiger partial charge in [-0.3, -0.25) is 0 Å². The molecule has 2 bridgehead atoms. The number of benzene rings is 4. The second-order valence-corrected chi connectivity index (χ2v) is 8.28. The summed E-state index contributed by atoms with van der Waals surface area (Å²) in [6.45, 7) is 0. The van der Waals surface area contributed by atoms with Crippen LogP contribution in [-0.2, 0) is 15.9 Å². The van der Waals surface area contributed by atoms with E-state index >= 15 is 4.39 Å². The Morgan fingerprint density at radius 1 is 0.581 bits per heavy atom. The Hall–Kier alpha value is -3.30. The zero-order chi connectivity index (χ0) is 21.1. The van der Waals surface area contributed by atoms with Gasteiger partial charge in [-0.1, -0.05) is 97.1 Å². The first-order valence-corrected chi connectivity index (χ1v) is 10.5. The molecule has 2 heterocycles. The highest BCUT2D eigenvalue weighted by Gasteiger charge is 2.72. The van der Waals surface area contributed by atoms with Gasteiger partial charge < -0.3 is 4.74 Å². The number of fused-ring (bicyclic) bond motifs is 5. The molecule has 152 valence electrons. The van der Waals surface area contributed by atoms with Gasteiger partial charge in [-0.2, -0.15) is 0 Å². The fourth-order valence-electron chi connectivity index (χ4n) is 5.58.